The summed E-state index contributed by atoms with van der Waals surface area (Å²) in [4.78, 5) is 16.8. The van der Waals surface area contributed by atoms with Gasteiger partial charge in [-0.15, -0.1) is 15.3 Å². The van der Waals surface area contributed by atoms with Crippen molar-refractivity contribution in [1.82, 2.24) is 29.9 Å². The van der Waals surface area contributed by atoms with Crippen LogP contribution in [0.3, 0.4) is 0 Å². The first-order valence-corrected chi connectivity index (χ1v) is 10.4. The molecule has 9 nitrogen and oxygen atoms in total. The lowest BCUT2D eigenvalue weighted by Gasteiger charge is -2.44. The van der Waals surface area contributed by atoms with Crippen LogP contribution in [0.4, 0.5) is 5.82 Å². The number of rotatable bonds is 4. The van der Waals surface area contributed by atoms with Crippen molar-refractivity contribution >= 4 is 28.3 Å². The molecular weight excluding hydrogens is 394 g/mol. The molecule has 5 rings (SSSR count). The highest BCUT2D eigenvalue weighted by Gasteiger charge is 2.34. The molecule has 0 radical (unpaired) electrons. The molecule has 1 aliphatic heterocycles. The van der Waals surface area contributed by atoms with Crippen LogP contribution < -0.4 is 4.90 Å². The highest BCUT2D eigenvalue weighted by atomic mass is 16.5. The van der Waals surface area contributed by atoms with Gasteiger partial charge in [-0.1, -0.05) is 38.1 Å². The molecule has 0 bridgehead atoms. The highest BCUT2D eigenvalue weighted by molar-refractivity contribution is 5.86. The quantitative estimate of drug-likeness (QED) is 0.502. The van der Waals surface area contributed by atoms with E-state index in [0.29, 0.717) is 11.3 Å². The number of hydrogen-bond acceptors (Lipinski definition) is 7. The molecule has 1 saturated heterocycles. The van der Waals surface area contributed by atoms with Gasteiger partial charge in [0.2, 0.25) is 5.91 Å². The van der Waals surface area contributed by atoms with Crippen molar-refractivity contribution in [2.24, 2.45) is 0 Å². The van der Waals surface area contributed by atoms with Gasteiger partial charge >= 0.3 is 0 Å². The Morgan fingerprint density at radius 2 is 1.94 bits per heavy atom. The molecule has 1 amide bonds. The topological polar surface area (TPSA) is 92.7 Å². The molecule has 0 atom stereocenters. The average Bonchev–Trinajstić information content (AvgIpc) is 3.30. The van der Waals surface area contributed by atoms with Crippen LogP contribution in [0.2, 0.25) is 0 Å². The third-order valence-electron chi connectivity index (χ3n) is 5.82. The van der Waals surface area contributed by atoms with Gasteiger partial charge in [0.25, 0.3) is 0 Å². The fraction of sp³-hybridized carbons (Fsp3) is 0.409. The number of hydrogen-bond donors (Lipinski definition) is 0. The standard InChI is InChI=1S/C22H25N7O2/c1-22(2,3)21-24-23-18-9-10-19(25-29(18)21)28-12-14(13-28)27(4)20(30)11-16-15-7-5-6-8-17(15)31-26-16/h5-10,14H,11-13H2,1-4H3. The Kier molecular flexibility index (Phi) is 4.42. The number of amides is 1. The van der Waals surface area contributed by atoms with Gasteiger partial charge in [0.1, 0.15) is 11.5 Å². The van der Waals surface area contributed by atoms with Crippen LogP contribution in [0, 0.1) is 0 Å². The number of fused-ring (bicyclic) bond motifs is 2. The minimum absolute atomic E-state index is 0.0287. The molecule has 0 spiro atoms. The van der Waals surface area contributed by atoms with Crippen molar-refractivity contribution in [1.29, 1.82) is 0 Å². The molecule has 4 heterocycles. The molecule has 0 unspecified atom stereocenters. The molecule has 31 heavy (non-hydrogen) atoms. The Balaban J connectivity index is 1.26. The fourth-order valence-corrected chi connectivity index (χ4v) is 3.84. The van der Waals surface area contributed by atoms with E-state index >= 15 is 0 Å². The minimum atomic E-state index is -0.152. The van der Waals surface area contributed by atoms with E-state index in [1.165, 1.54) is 0 Å². The lowest BCUT2D eigenvalue weighted by atomic mass is 9.96. The highest BCUT2D eigenvalue weighted by Crippen LogP contribution is 2.25. The average molecular weight is 419 g/mol. The smallest absolute Gasteiger partial charge is 0.228 e. The van der Waals surface area contributed by atoms with Crippen LogP contribution in [0.5, 0.6) is 0 Å². The van der Waals surface area contributed by atoms with Crippen LogP contribution in [-0.2, 0) is 16.6 Å². The third-order valence-corrected chi connectivity index (χ3v) is 5.82. The van der Waals surface area contributed by atoms with E-state index in [9.17, 15) is 4.79 Å². The summed E-state index contributed by atoms with van der Waals surface area (Å²) in [7, 11) is 1.85. The van der Waals surface area contributed by atoms with E-state index < -0.39 is 0 Å². The van der Waals surface area contributed by atoms with Crippen molar-refractivity contribution in [3.63, 3.8) is 0 Å². The molecule has 9 heteroatoms. The Morgan fingerprint density at radius 3 is 2.71 bits per heavy atom. The first-order valence-electron chi connectivity index (χ1n) is 10.4. The minimum Gasteiger partial charge on any atom is -0.356 e. The maximum atomic E-state index is 12.8. The van der Waals surface area contributed by atoms with Crippen molar-refractivity contribution in [2.75, 3.05) is 25.0 Å². The molecule has 0 N–H and O–H groups in total. The maximum absolute atomic E-state index is 12.8. The van der Waals surface area contributed by atoms with Crippen molar-refractivity contribution in [3.8, 4) is 0 Å². The molecule has 1 fully saturated rings. The van der Waals surface area contributed by atoms with Gasteiger partial charge in [-0.05, 0) is 24.3 Å². The second-order valence-electron chi connectivity index (χ2n) is 9.10. The molecule has 0 saturated carbocycles. The van der Waals surface area contributed by atoms with Crippen molar-refractivity contribution < 1.29 is 9.32 Å². The van der Waals surface area contributed by atoms with E-state index in [1.807, 2.05) is 48.0 Å². The zero-order valence-electron chi connectivity index (χ0n) is 18.1. The predicted octanol–water partition coefficient (Wildman–Crippen LogP) is 2.45. The number of anilines is 1. The van der Waals surface area contributed by atoms with Gasteiger partial charge < -0.3 is 14.3 Å². The first-order chi connectivity index (χ1) is 14.8. The van der Waals surface area contributed by atoms with Gasteiger partial charge in [0, 0.05) is 30.9 Å². The first kappa shape index (κ1) is 19.5. The zero-order chi connectivity index (χ0) is 21.8. The summed E-state index contributed by atoms with van der Waals surface area (Å²) in [5, 5.41) is 18.2. The van der Waals surface area contributed by atoms with Gasteiger partial charge in [-0.3, -0.25) is 4.79 Å². The van der Waals surface area contributed by atoms with Crippen molar-refractivity contribution in [3.05, 3.63) is 47.9 Å². The second-order valence-corrected chi connectivity index (χ2v) is 9.10. The predicted molar refractivity (Wildman–Crippen MR) is 116 cm³/mol. The Bertz CT molecular complexity index is 1260. The number of aromatic nitrogens is 5. The van der Waals surface area contributed by atoms with Gasteiger partial charge in [-0.25, -0.2) is 0 Å². The molecule has 4 aromatic rings. The molecular formula is C22H25N7O2. The summed E-state index contributed by atoms with van der Waals surface area (Å²) in [6, 6.07) is 11.6. The van der Waals surface area contributed by atoms with Gasteiger partial charge in [0.05, 0.1) is 12.5 Å². The van der Waals surface area contributed by atoms with E-state index in [-0.39, 0.29) is 23.8 Å². The van der Waals surface area contributed by atoms with Crippen LogP contribution in [0.15, 0.2) is 40.9 Å². The molecule has 160 valence electrons. The van der Waals surface area contributed by atoms with Crippen LogP contribution >= 0.6 is 0 Å². The summed E-state index contributed by atoms with van der Waals surface area (Å²) in [5.41, 5.74) is 1.96. The lowest BCUT2D eigenvalue weighted by molar-refractivity contribution is -0.131. The van der Waals surface area contributed by atoms with Gasteiger partial charge in [0.15, 0.2) is 17.1 Å². The molecule has 0 aliphatic carbocycles. The molecule has 1 aliphatic rings. The Morgan fingerprint density at radius 1 is 1.16 bits per heavy atom. The molecule has 1 aromatic carbocycles. The van der Waals surface area contributed by atoms with E-state index in [1.54, 1.807) is 4.90 Å². The fourth-order valence-electron chi connectivity index (χ4n) is 3.84. The number of nitrogens with zero attached hydrogens (tertiary/aromatic N) is 7. The van der Waals surface area contributed by atoms with Crippen LogP contribution in [-0.4, -0.2) is 62.0 Å². The van der Waals surface area contributed by atoms with E-state index in [2.05, 4.69) is 41.0 Å². The summed E-state index contributed by atoms with van der Waals surface area (Å²) < 4.78 is 7.13. The summed E-state index contributed by atoms with van der Waals surface area (Å²) >= 11 is 0. The number of likely N-dealkylation sites (N-methyl/N-ethyl adjacent to an activating group) is 1. The largest absolute Gasteiger partial charge is 0.356 e. The number of para-hydroxylation sites is 1. The SMILES string of the molecule is CN(C(=O)Cc1noc2ccccc12)C1CN(c2ccc3nnc(C(C)(C)C)n3n2)C1. The Hall–Kier alpha value is -3.49. The maximum Gasteiger partial charge on any atom is 0.228 e. The van der Waals surface area contributed by atoms with E-state index in [0.717, 1.165) is 35.8 Å². The normalized spacial score (nSPS) is 14.9. The second kappa shape index (κ2) is 7.04. The summed E-state index contributed by atoms with van der Waals surface area (Å²) in [6.07, 6.45) is 0.226. The van der Waals surface area contributed by atoms with E-state index in [4.69, 9.17) is 9.62 Å². The van der Waals surface area contributed by atoms with Crippen molar-refractivity contribution in [2.45, 2.75) is 38.6 Å². The summed E-state index contributed by atoms with van der Waals surface area (Å²) in [5.74, 6) is 1.71. The molecule has 3 aromatic heterocycles. The number of carbonyl (C=O) groups excluding carboxylic acids is 1. The van der Waals surface area contributed by atoms with Gasteiger partial charge in [-0.2, -0.15) is 4.52 Å². The van der Waals surface area contributed by atoms with Crippen LogP contribution in [0.25, 0.3) is 16.6 Å². The lowest BCUT2D eigenvalue weighted by Crippen LogP contribution is -2.60. The zero-order valence-corrected chi connectivity index (χ0v) is 18.1. The summed E-state index contributed by atoms with van der Waals surface area (Å²) in [6.45, 7) is 7.74. The number of benzene rings is 1. The monoisotopic (exact) mass is 419 g/mol. The Labute approximate surface area is 179 Å². The number of carbonyl (C=O) groups is 1. The third kappa shape index (κ3) is 3.39. The van der Waals surface area contributed by atoms with Crippen LogP contribution in [0.1, 0.15) is 32.3 Å².